The number of hydrogen-bond donors (Lipinski definition) is 2. The highest BCUT2D eigenvalue weighted by molar-refractivity contribution is 5.78. The maximum atomic E-state index is 11.3. The van der Waals surface area contributed by atoms with Gasteiger partial charge in [0, 0.05) is 12.1 Å². The molecule has 0 heterocycles. The number of rotatable bonds is 5. The summed E-state index contributed by atoms with van der Waals surface area (Å²) in [5.74, 6) is 0.873. The monoisotopic (exact) mass is 184 g/mol. The van der Waals surface area contributed by atoms with Crippen LogP contribution >= 0.6 is 0 Å². The molecule has 0 radical (unpaired) electrons. The van der Waals surface area contributed by atoms with Gasteiger partial charge in [-0.3, -0.25) is 4.79 Å². The number of nitrogens with one attached hydrogen (secondary N) is 2. The van der Waals surface area contributed by atoms with Crippen molar-refractivity contribution in [2.75, 3.05) is 6.54 Å². The summed E-state index contributed by atoms with van der Waals surface area (Å²) in [5, 5.41) is 6.11. The highest BCUT2D eigenvalue weighted by Gasteiger charge is 2.36. The first kappa shape index (κ1) is 10.5. The van der Waals surface area contributed by atoms with E-state index in [9.17, 15) is 4.79 Å². The van der Waals surface area contributed by atoms with Gasteiger partial charge in [0.15, 0.2) is 0 Å². The van der Waals surface area contributed by atoms with E-state index >= 15 is 0 Å². The van der Waals surface area contributed by atoms with Crippen LogP contribution in [-0.4, -0.2) is 24.5 Å². The molecule has 1 fully saturated rings. The lowest BCUT2D eigenvalue weighted by atomic mass is 10.3. The van der Waals surface area contributed by atoms with Crippen molar-refractivity contribution >= 4 is 5.91 Å². The minimum Gasteiger partial charge on any atom is -0.352 e. The van der Waals surface area contributed by atoms with Crippen molar-refractivity contribution in [3.8, 4) is 0 Å². The molecule has 0 aliphatic heterocycles. The molecule has 2 unspecified atom stereocenters. The quantitative estimate of drug-likeness (QED) is 0.666. The molecule has 1 saturated carbocycles. The first-order chi connectivity index (χ1) is 6.13. The van der Waals surface area contributed by atoms with Crippen LogP contribution in [0, 0.1) is 5.92 Å². The van der Waals surface area contributed by atoms with Gasteiger partial charge in [0.05, 0.1) is 6.54 Å². The molecule has 0 aromatic heterocycles. The fourth-order valence-electron chi connectivity index (χ4n) is 1.43. The first-order valence-electron chi connectivity index (χ1n) is 5.16. The smallest absolute Gasteiger partial charge is 0.234 e. The summed E-state index contributed by atoms with van der Waals surface area (Å²) >= 11 is 0. The van der Waals surface area contributed by atoms with Crippen LogP contribution < -0.4 is 10.6 Å². The number of amides is 1. The zero-order valence-corrected chi connectivity index (χ0v) is 8.76. The van der Waals surface area contributed by atoms with Crippen LogP contribution in [0.15, 0.2) is 0 Å². The molecule has 3 heteroatoms. The lowest BCUT2D eigenvalue weighted by molar-refractivity contribution is -0.120. The van der Waals surface area contributed by atoms with Gasteiger partial charge in [0.2, 0.25) is 5.91 Å². The normalized spacial score (nSPS) is 26.2. The highest BCUT2D eigenvalue weighted by atomic mass is 16.2. The maximum absolute atomic E-state index is 11.3. The predicted octanol–water partition coefficient (Wildman–Crippen LogP) is 0.899. The fourth-order valence-corrected chi connectivity index (χ4v) is 1.43. The third-order valence-electron chi connectivity index (χ3n) is 2.46. The molecule has 1 aliphatic carbocycles. The van der Waals surface area contributed by atoms with Gasteiger partial charge >= 0.3 is 0 Å². The van der Waals surface area contributed by atoms with Crippen LogP contribution in [-0.2, 0) is 4.79 Å². The molecule has 0 aromatic carbocycles. The second kappa shape index (κ2) is 4.61. The van der Waals surface area contributed by atoms with Crippen molar-refractivity contribution in [2.45, 2.75) is 45.7 Å². The molecule has 0 spiro atoms. The van der Waals surface area contributed by atoms with E-state index in [0.717, 1.165) is 5.92 Å². The largest absolute Gasteiger partial charge is 0.352 e. The average molecular weight is 184 g/mol. The van der Waals surface area contributed by atoms with Crippen LogP contribution in [0.1, 0.15) is 33.6 Å². The molecule has 0 saturated heterocycles. The van der Waals surface area contributed by atoms with Gasteiger partial charge in [-0.25, -0.2) is 0 Å². The molecular formula is C10H20N2O. The molecular weight excluding hydrogens is 164 g/mol. The molecule has 1 amide bonds. The molecule has 0 bridgehead atoms. The predicted molar refractivity (Wildman–Crippen MR) is 53.5 cm³/mol. The van der Waals surface area contributed by atoms with Gasteiger partial charge in [0.25, 0.3) is 0 Å². The Labute approximate surface area is 80.3 Å². The standard InChI is InChI=1S/C10H20N2O/c1-4-8-5-9(8)12-10(13)6-11-7(2)3/h7-9,11H,4-6H2,1-3H3,(H,12,13). The van der Waals surface area contributed by atoms with Gasteiger partial charge in [-0.15, -0.1) is 0 Å². The lowest BCUT2D eigenvalue weighted by Crippen LogP contribution is -2.38. The number of carbonyl (C=O) groups is 1. The summed E-state index contributed by atoms with van der Waals surface area (Å²) in [4.78, 5) is 11.3. The minimum absolute atomic E-state index is 0.134. The minimum atomic E-state index is 0.134. The van der Waals surface area contributed by atoms with E-state index < -0.39 is 0 Å². The van der Waals surface area contributed by atoms with Gasteiger partial charge < -0.3 is 10.6 Å². The summed E-state index contributed by atoms with van der Waals surface area (Å²) in [6.45, 7) is 6.70. The Morgan fingerprint density at radius 3 is 2.69 bits per heavy atom. The van der Waals surface area contributed by atoms with Crippen LogP contribution in [0.3, 0.4) is 0 Å². The van der Waals surface area contributed by atoms with Crippen molar-refractivity contribution in [1.82, 2.24) is 10.6 Å². The molecule has 3 nitrogen and oxygen atoms in total. The second-order valence-electron chi connectivity index (χ2n) is 4.11. The Hall–Kier alpha value is -0.570. The molecule has 76 valence electrons. The van der Waals surface area contributed by atoms with Gasteiger partial charge in [-0.2, -0.15) is 0 Å². The van der Waals surface area contributed by atoms with E-state index in [0.29, 0.717) is 18.6 Å². The van der Waals surface area contributed by atoms with E-state index in [2.05, 4.69) is 17.6 Å². The number of hydrogen-bond acceptors (Lipinski definition) is 2. The summed E-state index contributed by atoms with van der Waals surface area (Å²) in [7, 11) is 0. The Morgan fingerprint density at radius 2 is 2.23 bits per heavy atom. The van der Waals surface area contributed by atoms with Crippen molar-refractivity contribution in [3.63, 3.8) is 0 Å². The fraction of sp³-hybridized carbons (Fsp3) is 0.900. The third kappa shape index (κ3) is 3.77. The maximum Gasteiger partial charge on any atom is 0.234 e. The molecule has 2 atom stereocenters. The Bertz CT molecular complexity index is 180. The number of carbonyl (C=O) groups excluding carboxylic acids is 1. The highest BCUT2D eigenvalue weighted by Crippen LogP contribution is 2.32. The Kier molecular flexibility index (Phi) is 3.72. The lowest BCUT2D eigenvalue weighted by Gasteiger charge is -2.08. The second-order valence-corrected chi connectivity index (χ2v) is 4.11. The van der Waals surface area contributed by atoms with E-state index in [1.807, 2.05) is 13.8 Å². The van der Waals surface area contributed by atoms with Gasteiger partial charge in [-0.05, 0) is 12.3 Å². The van der Waals surface area contributed by atoms with E-state index in [1.165, 1.54) is 12.8 Å². The van der Waals surface area contributed by atoms with E-state index in [1.54, 1.807) is 0 Å². The van der Waals surface area contributed by atoms with Gasteiger partial charge in [-0.1, -0.05) is 27.2 Å². The van der Waals surface area contributed by atoms with Crippen LogP contribution in [0.4, 0.5) is 0 Å². The summed E-state index contributed by atoms with van der Waals surface area (Å²) in [6, 6.07) is 0.846. The summed E-state index contributed by atoms with van der Waals surface area (Å²) in [6.07, 6.45) is 2.35. The van der Waals surface area contributed by atoms with Crippen molar-refractivity contribution in [1.29, 1.82) is 0 Å². The topological polar surface area (TPSA) is 41.1 Å². The zero-order valence-electron chi connectivity index (χ0n) is 8.76. The molecule has 0 aromatic rings. The Balaban J connectivity index is 2.05. The molecule has 2 N–H and O–H groups in total. The Morgan fingerprint density at radius 1 is 1.54 bits per heavy atom. The molecule has 1 aliphatic rings. The zero-order chi connectivity index (χ0) is 9.84. The van der Waals surface area contributed by atoms with Crippen molar-refractivity contribution < 1.29 is 4.79 Å². The summed E-state index contributed by atoms with van der Waals surface area (Å²) in [5.41, 5.74) is 0. The first-order valence-corrected chi connectivity index (χ1v) is 5.16. The van der Waals surface area contributed by atoms with E-state index in [-0.39, 0.29) is 5.91 Å². The molecule has 13 heavy (non-hydrogen) atoms. The van der Waals surface area contributed by atoms with Crippen molar-refractivity contribution in [2.24, 2.45) is 5.92 Å². The summed E-state index contributed by atoms with van der Waals surface area (Å²) < 4.78 is 0. The van der Waals surface area contributed by atoms with Crippen LogP contribution in [0.2, 0.25) is 0 Å². The van der Waals surface area contributed by atoms with Crippen molar-refractivity contribution in [3.05, 3.63) is 0 Å². The van der Waals surface area contributed by atoms with Gasteiger partial charge in [0.1, 0.15) is 0 Å². The van der Waals surface area contributed by atoms with Crippen LogP contribution in [0.5, 0.6) is 0 Å². The van der Waals surface area contributed by atoms with E-state index in [4.69, 9.17) is 0 Å². The average Bonchev–Trinajstić information content (AvgIpc) is 2.80. The van der Waals surface area contributed by atoms with Crippen LogP contribution in [0.25, 0.3) is 0 Å². The molecule has 1 rings (SSSR count). The SMILES string of the molecule is CCC1CC1NC(=O)CNC(C)C. The third-order valence-corrected chi connectivity index (χ3v) is 2.46.